The zero-order valence-corrected chi connectivity index (χ0v) is 18.5. The van der Waals surface area contributed by atoms with E-state index in [1.807, 2.05) is 11.0 Å². The number of thiophene rings is 1. The SMILES string of the molecule is Cc1nc2ccc(CN(C)c3ccc(C(=O)N[C@@H](C[C@@H](F)C(=O)O)C(=O)O)s3)cc2c(=O)[nH]1. The van der Waals surface area contributed by atoms with Crippen molar-refractivity contribution in [2.24, 2.45) is 0 Å². The molecule has 1 aromatic carbocycles. The molecule has 0 saturated carbocycles. The van der Waals surface area contributed by atoms with Crippen molar-refractivity contribution >= 4 is 45.1 Å². The molecule has 1 amide bonds. The number of H-pyrrole nitrogens is 1. The van der Waals surface area contributed by atoms with Crippen LogP contribution in [0.2, 0.25) is 0 Å². The maximum atomic E-state index is 13.4. The van der Waals surface area contributed by atoms with E-state index in [9.17, 15) is 23.6 Å². The number of nitrogens with zero attached hydrogens (tertiary/aromatic N) is 2. The van der Waals surface area contributed by atoms with Crippen LogP contribution in [0.5, 0.6) is 0 Å². The summed E-state index contributed by atoms with van der Waals surface area (Å²) in [6, 6.07) is 6.83. The van der Waals surface area contributed by atoms with Gasteiger partial charge in [0.15, 0.2) is 6.17 Å². The van der Waals surface area contributed by atoms with Gasteiger partial charge < -0.3 is 25.4 Å². The first kappa shape index (κ1) is 23.9. The number of aryl methyl sites for hydroxylation is 1. The van der Waals surface area contributed by atoms with Crippen molar-refractivity contribution in [1.29, 1.82) is 0 Å². The molecule has 2 atom stereocenters. The van der Waals surface area contributed by atoms with Crippen molar-refractivity contribution in [3.05, 3.63) is 57.0 Å². The number of hydrogen-bond donors (Lipinski definition) is 4. The number of alkyl halides is 1. The number of nitrogens with one attached hydrogen (secondary N) is 2. The normalized spacial score (nSPS) is 12.8. The van der Waals surface area contributed by atoms with Gasteiger partial charge in [0.25, 0.3) is 11.5 Å². The van der Waals surface area contributed by atoms with E-state index in [1.165, 1.54) is 6.07 Å². The van der Waals surface area contributed by atoms with E-state index in [-0.39, 0.29) is 10.4 Å². The largest absolute Gasteiger partial charge is 0.480 e. The molecular formula is C21H21FN4O6S. The molecule has 33 heavy (non-hydrogen) atoms. The van der Waals surface area contributed by atoms with Gasteiger partial charge >= 0.3 is 11.9 Å². The zero-order valence-electron chi connectivity index (χ0n) is 17.7. The summed E-state index contributed by atoms with van der Waals surface area (Å²) in [5, 5.41) is 21.1. The molecule has 0 unspecified atom stereocenters. The number of aliphatic carboxylic acids is 2. The summed E-state index contributed by atoms with van der Waals surface area (Å²) in [7, 11) is 1.79. The van der Waals surface area contributed by atoms with Gasteiger partial charge in [0.05, 0.1) is 20.8 Å². The molecule has 0 aliphatic carbocycles. The predicted octanol–water partition coefficient (Wildman–Crippen LogP) is 1.93. The van der Waals surface area contributed by atoms with Crippen LogP contribution in [0.15, 0.2) is 35.1 Å². The van der Waals surface area contributed by atoms with Crippen LogP contribution in [0, 0.1) is 6.92 Å². The third kappa shape index (κ3) is 5.71. The van der Waals surface area contributed by atoms with Gasteiger partial charge in [-0.1, -0.05) is 6.07 Å². The van der Waals surface area contributed by atoms with Crippen LogP contribution in [-0.2, 0) is 16.1 Å². The number of carbonyl (C=O) groups is 3. The maximum absolute atomic E-state index is 13.4. The first-order valence-corrected chi connectivity index (χ1v) is 10.6. The average molecular weight is 476 g/mol. The third-order valence-electron chi connectivity index (χ3n) is 4.81. The van der Waals surface area contributed by atoms with Crippen LogP contribution in [0.25, 0.3) is 10.9 Å². The van der Waals surface area contributed by atoms with Gasteiger partial charge in [-0.3, -0.25) is 9.59 Å². The Balaban J connectivity index is 1.70. The Morgan fingerprint density at radius 2 is 1.94 bits per heavy atom. The average Bonchev–Trinajstić information content (AvgIpc) is 3.24. The van der Waals surface area contributed by atoms with Crippen LogP contribution >= 0.6 is 11.3 Å². The predicted molar refractivity (Wildman–Crippen MR) is 120 cm³/mol. The van der Waals surface area contributed by atoms with E-state index in [4.69, 9.17) is 10.2 Å². The highest BCUT2D eigenvalue weighted by molar-refractivity contribution is 7.17. The van der Waals surface area contributed by atoms with Crippen LogP contribution < -0.4 is 15.8 Å². The van der Waals surface area contributed by atoms with Crippen molar-refractivity contribution in [3.63, 3.8) is 0 Å². The number of fused-ring (bicyclic) bond motifs is 1. The first-order valence-electron chi connectivity index (χ1n) is 9.76. The van der Waals surface area contributed by atoms with E-state index >= 15 is 0 Å². The Kier molecular flexibility index (Phi) is 7.07. The molecule has 2 heterocycles. The second kappa shape index (κ2) is 9.77. The molecule has 0 saturated heterocycles. The number of aromatic amines is 1. The van der Waals surface area contributed by atoms with Gasteiger partial charge in [0, 0.05) is 20.0 Å². The number of carboxylic acid groups (broad SMARTS) is 2. The molecule has 3 rings (SSSR count). The van der Waals surface area contributed by atoms with Gasteiger partial charge in [0.1, 0.15) is 11.9 Å². The van der Waals surface area contributed by atoms with E-state index in [2.05, 4.69) is 15.3 Å². The molecule has 174 valence electrons. The van der Waals surface area contributed by atoms with Gasteiger partial charge in [-0.2, -0.15) is 0 Å². The van der Waals surface area contributed by atoms with Crippen molar-refractivity contribution in [2.75, 3.05) is 11.9 Å². The highest BCUT2D eigenvalue weighted by Gasteiger charge is 2.28. The summed E-state index contributed by atoms with van der Waals surface area (Å²) in [5.41, 5.74) is 1.20. The lowest BCUT2D eigenvalue weighted by atomic mass is 10.1. The minimum Gasteiger partial charge on any atom is -0.480 e. The number of hydrogen-bond acceptors (Lipinski definition) is 7. The smallest absolute Gasteiger partial charge is 0.338 e. The Bertz CT molecular complexity index is 1270. The third-order valence-corrected chi connectivity index (χ3v) is 6.01. The summed E-state index contributed by atoms with van der Waals surface area (Å²) >= 11 is 1.09. The molecule has 0 aliphatic rings. The van der Waals surface area contributed by atoms with Crippen LogP contribution in [0.3, 0.4) is 0 Å². The second-order valence-electron chi connectivity index (χ2n) is 7.40. The number of benzene rings is 1. The standard InChI is InChI=1S/C21H21FN4O6S/c1-10-23-14-4-3-11(7-12(14)18(27)24-10)9-26(2)17-6-5-16(33-17)19(28)25-15(21(31)32)8-13(22)20(29)30/h3-7,13,15H,8-9H2,1-2H3,(H,25,28)(H,29,30)(H,31,32)(H,23,24,27)/t13-,15+/m1/s1. The Hall–Kier alpha value is -3.80. The number of amides is 1. The highest BCUT2D eigenvalue weighted by atomic mass is 32.1. The van der Waals surface area contributed by atoms with Crippen LogP contribution in [0.4, 0.5) is 9.39 Å². The fourth-order valence-electron chi connectivity index (χ4n) is 3.17. The highest BCUT2D eigenvalue weighted by Crippen LogP contribution is 2.27. The summed E-state index contributed by atoms with van der Waals surface area (Å²) in [5.74, 6) is -3.55. The number of halogens is 1. The lowest BCUT2D eigenvalue weighted by molar-refractivity contribution is -0.145. The number of aromatic nitrogens is 2. The van der Waals surface area contributed by atoms with Crippen molar-refractivity contribution in [3.8, 4) is 0 Å². The molecule has 0 aliphatic heterocycles. The minimum atomic E-state index is -2.41. The maximum Gasteiger partial charge on any atom is 0.338 e. The molecule has 0 fully saturated rings. The molecule has 0 radical (unpaired) electrons. The van der Waals surface area contributed by atoms with E-state index in [0.717, 1.165) is 16.9 Å². The molecule has 10 nitrogen and oxygen atoms in total. The Morgan fingerprint density at radius 1 is 1.21 bits per heavy atom. The first-order chi connectivity index (χ1) is 15.5. The van der Waals surface area contributed by atoms with Crippen molar-refractivity contribution in [1.82, 2.24) is 15.3 Å². The molecule has 0 spiro atoms. The molecule has 2 aromatic heterocycles. The summed E-state index contributed by atoms with van der Waals surface area (Å²) in [6.07, 6.45) is -3.30. The molecule has 3 aromatic rings. The quantitative estimate of drug-likeness (QED) is 0.365. The Labute approximate surface area is 190 Å². The van der Waals surface area contributed by atoms with E-state index in [1.54, 1.807) is 32.2 Å². The molecular weight excluding hydrogens is 455 g/mol. The zero-order chi connectivity index (χ0) is 24.3. The van der Waals surface area contributed by atoms with Crippen molar-refractivity contribution in [2.45, 2.75) is 32.1 Å². The summed E-state index contributed by atoms with van der Waals surface area (Å²) < 4.78 is 13.4. The molecule has 12 heteroatoms. The minimum absolute atomic E-state index is 0.184. The number of carboxylic acids is 2. The lowest BCUT2D eigenvalue weighted by Crippen LogP contribution is -2.43. The number of anilines is 1. The van der Waals surface area contributed by atoms with Crippen LogP contribution in [0.1, 0.15) is 27.5 Å². The lowest BCUT2D eigenvalue weighted by Gasteiger charge is -2.17. The van der Waals surface area contributed by atoms with Gasteiger partial charge in [-0.25, -0.2) is 19.0 Å². The summed E-state index contributed by atoms with van der Waals surface area (Å²) in [6.45, 7) is 2.12. The van der Waals surface area contributed by atoms with Gasteiger partial charge in [0.2, 0.25) is 0 Å². The Morgan fingerprint density at radius 3 is 2.61 bits per heavy atom. The van der Waals surface area contributed by atoms with Gasteiger partial charge in [-0.15, -0.1) is 11.3 Å². The molecule has 0 bridgehead atoms. The number of rotatable bonds is 9. The topological polar surface area (TPSA) is 153 Å². The van der Waals surface area contributed by atoms with Crippen LogP contribution in [-0.4, -0.2) is 57.3 Å². The monoisotopic (exact) mass is 476 g/mol. The fourth-order valence-corrected chi connectivity index (χ4v) is 4.04. The van der Waals surface area contributed by atoms with Crippen molar-refractivity contribution < 1.29 is 29.0 Å². The number of carbonyl (C=O) groups excluding carboxylic acids is 1. The summed E-state index contributed by atoms with van der Waals surface area (Å²) in [4.78, 5) is 55.5. The van der Waals surface area contributed by atoms with E-state index < -0.39 is 36.5 Å². The second-order valence-corrected chi connectivity index (χ2v) is 8.46. The van der Waals surface area contributed by atoms with E-state index in [0.29, 0.717) is 28.3 Å². The fraction of sp³-hybridized carbons (Fsp3) is 0.286. The van der Waals surface area contributed by atoms with Gasteiger partial charge in [-0.05, 0) is 36.8 Å². The molecule has 4 N–H and O–H groups in total.